The molecule has 14 N–H and O–H groups in total. The summed E-state index contributed by atoms with van der Waals surface area (Å²) in [6, 6.07) is 0.930. The van der Waals surface area contributed by atoms with Gasteiger partial charge in [-0.2, -0.15) is 4.31 Å². The number of aliphatic hydroxyl groups is 3. The molecule has 5 aromatic heterocycles. The van der Waals surface area contributed by atoms with E-state index >= 15 is 0 Å². The number of phosphoric acid groups is 2. The number of hydrogen-bond acceptors (Lipinski definition) is 26. The molecule has 5 unspecified atom stereocenters. The Bertz CT molecular complexity index is 3280. The Morgan fingerprint density at radius 1 is 0.813 bits per heavy atom. The molecule has 16 atom stereocenters. The maximum absolute atomic E-state index is 13.6. The fraction of sp³-hybridized carbons (Fsp3) is 0.588. The molecule has 0 amide bonds. The van der Waals surface area contributed by atoms with Crippen LogP contribution in [0.3, 0.4) is 0 Å². The first kappa shape index (κ1) is 56.6. The maximum Gasteiger partial charge on any atom is 0.480 e. The number of aryl methyl sites for hydroxylation is 1. The molecule has 0 spiro atoms. The largest absolute Gasteiger partial charge is 0.480 e. The van der Waals surface area contributed by atoms with Gasteiger partial charge in [0.25, 0.3) is 17.1 Å². The molecule has 0 bridgehead atoms. The van der Waals surface area contributed by atoms with Crippen LogP contribution >= 0.6 is 31.1 Å². The lowest BCUT2D eigenvalue weighted by Crippen LogP contribution is -2.45. The normalized spacial score (nSPS) is 30.4. The number of H-pyrrole nitrogens is 2. The first-order valence-corrected chi connectivity index (χ1v) is 27.8. The summed E-state index contributed by atoms with van der Waals surface area (Å²) in [6.07, 6.45) is -12.9. The van der Waals surface area contributed by atoms with Gasteiger partial charge in [0.15, 0.2) is 30.2 Å². The summed E-state index contributed by atoms with van der Waals surface area (Å²) in [4.78, 5) is 101. The number of nitrogens with two attached hydrogens (primary N) is 2. The van der Waals surface area contributed by atoms with E-state index in [1.54, 1.807) is 0 Å². The minimum atomic E-state index is -5.93. The summed E-state index contributed by atoms with van der Waals surface area (Å²) in [5, 5.41) is 32.7. The summed E-state index contributed by atoms with van der Waals surface area (Å²) in [5.74, 6) is -1.25. The van der Waals surface area contributed by atoms with Crippen molar-refractivity contribution < 1.29 is 104 Å². The van der Waals surface area contributed by atoms with Crippen LogP contribution in [0, 0.1) is 5.92 Å². The summed E-state index contributed by atoms with van der Waals surface area (Å²) >= 11 is 0. The molecule has 5 aromatic rings. The van der Waals surface area contributed by atoms with Gasteiger partial charge in [-0.15, -0.1) is 4.86 Å². The number of rotatable bonds is 22. The van der Waals surface area contributed by atoms with Gasteiger partial charge in [-0.25, -0.2) is 42.6 Å². The third-order valence-electron chi connectivity index (χ3n) is 11.9. The summed E-state index contributed by atoms with van der Waals surface area (Å²) in [5.41, 5.74) is 9.40. The van der Waals surface area contributed by atoms with Gasteiger partial charge in [0.2, 0.25) is 11.7 Å². The van der Waals surface area contributed by atoms with Crippen LogP contribution in [0.5, 0.6) is 0 Å². The molecular weight excluding hydrogens is 1100 g/mol. The lowest BCUT2D eigenvalue weighted by Gasteiger charge is -2.26. The van der Waals surface area contributed by atoms with Crippen molar-refractivity contribution in [3.8, 4) is 0 Å². The lowest BCUT2D eigenvalue weighted by atomic mass is 9.95. The molecule has 8 rings (SSSR count). The second-order valence-electron chi connectivity index (χ2n) is 16.8. The number of aliphatic hydroxyl groups excluding tert-OH is 3. The van der Waals surface area contributed by atoms with E-state index in [-0.39, 0.29) is 47.1 Å². The molecule has 0 saturated carbocycles. The second-order valence-corrected chi connectivity index (χ2v) is 23.2. The van der Waals surface area contributed by atoms with Crippen LogP contribution in [0.15, 0.2) is 45.6 Å². The van der Waals surface area contributed by atoms with Gasteiger partial charge in [0.1, 0.15) is 54.6 Å². The number of aromatic nitrogens is 10. The number of aromatic amines is 2. The van der Waals surface area contributed by atoms with Crippen LogP contribution in [-0.4, -0.2) is 168 Å². The van der Waals surface area contributed by atoms with E-state index in [1.165, 1.54) is 39.0 Å². The van der Waals surface area contributed by atoms with Crippen LogP contribution in [0.4, 0.5) is 11.8 Å². The number of methoxy groups -OCH3 is 2. The van der Waals surface area contributed by atoms with Crippen molar-refractivity contribution in [2.75, 3.05) is 52.1 Å². The molecule has 0 radical (unpaired) electrons. The minimum Gasteiger partial charge on any atom is -0.387 e. The number of anilines is 2. The topological polar surface area (TPSA) is 519 Å². The fourth-order valence-corrected chi connectivity index (χ4v) is 13.5. The Morgan fingerprint density at radius 2 is 1.51 bits per heavy atom. The van der Waals surface area contributed by atoms with Crippen molar-refractivity contribution in [1.29, 1.82) is 0 Å². The molecule has 3 saturated heterocycles. The smallest absolute Gasteiger partial charge is 0.387 e. The molecule has 3 fully saturated rings. The number of imidazole rings is 2. The van der Waals surface area contributed by atoms with E-state index in [9.17, 15) is 67.5 Å². The van der Waals surface area contributed by atoms with E-state index in [1.807, 2.05) is 4.98 Å². The zero-order valence-electron chi connectivity index (χ0n) is 38.9. The highest BCUT2D eigenvalue weighted by atomic mass is 31.3. The summed E-state index contributed by atoms with van der Waals surface area (Å²) in [6.45, 7) is -3.06. The van der Waals surface area contributed by atoms with Gasteiger partial charge in [0.05, 0.1) is 39.3 Å². The molecule has 0 aromatic carbocycles. The molecule has 0 aliphatic carbocycles. The van der Waals surface area contributed by atoms with E-state index in [2.05, 4.69) is 29.2 Å². The third-order valence-corrected chi connectivity index (χ3v) is 17.6. The zero-order chi connectivity index (χ0) is 54.5. The van der Waals surface area contributed by atoms with Gasteiger partial charge in [-0.05, 0) is 6.42 Å². The SMILES string of the molecule is COCC[C@H]1[C@@H](O)[C@H]([n+]2cn(C)c3c(=O)[nH]c(N)nc32)O[C@@H]1COP(=O)(O)OP(=O)(O)NP(=O)(O)OCC1O[C@@H](n2cnc3c(N)ncnc32)[C@H](OC)[C@@H]1OP(=O)(O)OC[C@H]1O[C@@H](n2ccc(=O)[nH]c2=O)[C@H](O)[C@@H]1O. The molecule has 41 heteroatoms. The standard InChI is InChI=1S/C34H49N13O24P4/c1-44-13-47(28-20(44)29(52)42-33(36)41-28)30-21(49)14(5-7-62-2)15(67-30)8-66-75(60,61)71-73(56,57)43-72(54,55)64-10-17-24(25(63-3)32(69-17)46-12-39-19-26(35)37-11-38-27(19)46)70-74(58,59)65-9-16-22(50)23(51)31(68-16)45-6-4-18(48)40-34(45)53/h4,6,11-17,21-25,30-32,49-51H,5,7-10H2,1-3H3,(H10-,35,36,37,38,40,41,42,43,48,52,53,54,55,56,57,58,59,60,61)/p+1/t14-,15-,16-,17?,21-,22-,23-,24-,25-,30-,31-,32-/m1/s1. The summed E-state index contributed by atoms with van der Waals surface area (Å²) in [7, 11) is -18.8. The quantitative estimate of drug-likeness (QED) is 0.0232. The number of phosphoric ester groups is 2. The molecule has 414 valence electrons. The van der Waals surface area contributed by atoms with Crippen LogP contribution in [-0.2, 0) is 71.4 Å². The predicted molar refractivity (Wildman–Crippen MR) is 244 cm³/mol. The van der Waals surface area contributed by atoms with Crippen molar-refractivity contribution in [2.24, 2.45) is 13.0 Å². The average molecular weight is 1150 g/mol. The van der Waals surface area contributed by atoms with Crippen LogP contribution < -0.4 is 37.7 Å². The van der Waals surface area contributed by atoms with Crippen LogP contribution in [0.25, 0.3) is 22.3 Å². The molecule has 37 nitrogen and oxygen atoms in total. The average Bonchev–Trinajstić information content (AvgIpc) is 4.12. The van der Waals surface area contributed by atoms with Gasteiger partial charge in [0, 0.05) is 39.0 Å². The first-order valence-electron chi connectivity index (χ1n) is 21.7. The van der Waals surface area contributed by atoms with Crippen LogP contribution in [0.1, 0.15) is 25.1 Å². The zero-order valence-corrected chi connectivity index (χ0v) is 42.5. The van der Waals surface area contributed by atoms with E-state index < -0.39 is 141 Å². The first-order chi connectivity index (χ1) is 35.2. The van der Waals surface area contributed by atoms with Gasteiger partial charge in [-0.3, -0.25) is 51.4 Å². The highest BCUT2D eigenvalue weighted by molar-refractivity contribution is 7.71. The van der Waals surface area contributed by atoms with E-state index in [4.69, 9.17) is 53.2 Å². The Kier molecular flexibility index (Phi) is 16.6. The summed E-state index contributed by atoms with van der Waals surface area (Å²) < 4.78 is 111. The third kappa shape index (κ3) is 12.2. The van der Waals surface area contributed by atoms with E-state index in [0.29, 0.717) is 0 Å². The number of nitrogens with one attached hydrogen (secondary N) is 3. The minimum absolute atomic E-state index is 0.0000122. The van der Waals surface area contributed by atoms with Gasteiger partial charge < -0.3 is 70.0 Å². The molecule has 3 aliphatic heterocycles. The number of ether oxygens (including phenoxy) is 5. The Morgan fingerprint density at radius 3 is 2.21 bits per heavy atom. The predicted octanol–water partition coefficient (Wildman–Crippen LogP) is -4.01. The Hall–Kier alpha value is -4.62. The molecular formula is C34H50N13O24P4+. The number of fused-ring (bicyclic) bond motifs is 2. The van der Waals surface area contributed by atoms with Crippen molar-refractivity contribution in [2.45, 2.75) is 73.9 Å². The molecule has 8 heterocycles. The molecule has 3 aliphatic rings. The Balaban J connectivity index is 0.942. The van der Waals surface area contributed by atoms with Crippen molar-refractivity contribution in [1.82, 2.24) is 48.5 Å². The van der Waals surface area contributed by atoms with Crippen molar-refractivity contribution in [3.05, 3.63) is 62.4 Å². The molecule has 75 heavy (non-hydrogen) atoms. The fourth-order valence-electron chi connectivity index (χ4n) is 8.54. The van der Waals surface area contributed by atoms with Gasteiger partial charge >= 0.3 is 42.5 Å². The van der Waals surface area contributed by atoms with E-state index in [0.717, 1.165) is 36.6 Å². The maximum atomic E-state index is 13.6. The van der Waals surface area contributed by atoms with Crippen molar-refractivity contribution in [3.63, 3.8) is 0 Å². The van der Waals surface area contributed by atoms with Gasteiger partial charge in [-0.1, -0.05) is 4.98 Å². The monoisotopic (exact) mass is 1150 g/mol. The Labute approximate surface area is 418 Å². The number of nitrogens with zero attached hydrogens (tertiary/aromatic N) is 8. The lowest BCUT2D eigenvalue weighted by molar-refractivity contribution is -0.745. The second kappa shape index (κ2) is 22.0. The van der Waals surface area contributed by atoms with Crippen molar-refractivity contribution >= 4 is 65.2 Å². The number of nitrogen functional groups attached to an aromatic ring is 2. The highest BCUT2D eigenvalue weighted by Crippen LogP contribution is 2.62. The van der Waals surface area contributed by atoms with Crippen LogP contribution in [0.2, 0.25) is 0 Å². The highest BCUT2D eigenvalue weighted by Gasteiger charge is 2.53. The number of hydrogen-bond donors (Lipinski definition) is 12.